The molecule has 0 saturated heterocycles. The second-order valence-corrected chi connectivity index (χ2v) is 16.6. The van der Waals surface area contributed by atoms with Crippen molar-refractivity contribution >= 4 is 116 Å². The lowest BCUT2D eigenvalue weighted by Crippen LogP contribution is -2.33. The van der Waals surface area contributed by atoms with Crippen LogP contribution in [-0.2, 0) is 44.4 Å². The number of carbonyl (C=O) groups is 6. The first-order valence-electron chi connectivity index (χ1n) is 20.4. The number of amides is 4. The topological polar surface area (TPSA) is 200 Å². The van der Waals surface area contributed by atoms with Crippen LogP contribution in [0.3, 0.4) is 0 Å². The normalized spacial score (nSPS) is 12.7. The van der Waals surface area contributed by atoms with Crippen LogP contribution in [-0.4, -0.2) is 47.3 Å². The Morgan fingerprint density at radius 3 is 1.17 bits per heavy atom. The first kappa shape index (κ1) is 54.2. The number of anilines is 4. The Bertz CT molecular complexity index is 2770. The number of hydrogen-bond acceptors (Lipinski definition) is 10. The molecule has 0 bridgehead atoms. The average Bonchev–Trinajstić information content (AvgIpc) is 3.28. The molecule has 14 nitrogen and oxygen atoms in total. The molecule has 0 fully saturated rings. The predicted molar refractivity (Wildman–Crippen MR) is 252 cm³/mol. The second-order valence-electron chi connectivity index (χ2n) is 14.9. The molecule has 0 aliphatic heterocycles. The van der Waals surface area contributed by atoms with Gasteiger partial charge in [-0.25, -0.2) is 0 Å². The molecule has 0 aliphatic rings. The molecule has 0 heterocycles. The summed E-state index contributed by atoms with van der Waals surface area (Å²) in [5.74, 6) is -5.41. The highest BCUT2D eigenvalue weighted by Gasteiger charge is 2.36. The van der Waals surface area contributed by atoms with E-state index in [1.54, 1.807) is 13.8 Å². The number of carbonyl (C=O) groups excluding carboxylic acids is 6. The molecule has 0 aromatic heterocycles. The fourth-order valence-corrected chi connectivity index (χ4v) is 7.14. The summed E-state index contributed by atoms with van der Waals surface area (Å²) in [7, 11) is 0. The van der Waals surface area contributed by atoms with E-state index in [1.807, 2.05) is 0 Å². The highest BCUT2D eigenvalue weighted by Crippen LogP contribution is 2.39. The maximum Gasteiger partial charge on any atom is 0.418 e. The van der Waals surface area contributed by atoms with Crippen molar-refractivity contribution in [3.8, 4) is 0 Å². The summed E-state index contributed by atoms with van der Waals surface area (Å²) in [6, 6.07) is 12.3. The molecule has 366 valence electrons. The van der Waals surface area contributed by atoms with Crippen LogP contribution in [0, 0.1) is 0 Å². The molecule has 4 N–H and O–H groups in total. The Hall–Kier alpha value is -6.74. The number of azo groups is 2. The quantitative estimate of drug-likeness (QED) is 0.0430. The molecule has 5 aromatic rings. The molecule has 70 heavy (non-hydrogen) atoms. The Labute approximate surface area is 414 Å². The predicted octanol–water partition coefficient (Wildman–Crippen LogP) is 13.3. The minimum Gasteiger partial charge on any atom is -0.323 e. The van der Waals surface area contributed by atoms with E-state index in [4.69, 9.17) is 46.4 Å². The van der Waals surface area contributed by atoms with Crippen molar-refractivity contribution in [3.05, 3.63) is 138 Å². The van der Waals surface area contributed by atoms with Crippen molar-refractivity contribution in [1.82, 2.24) is 0 Å². The number of hydrogen-bond donors (Lipinski definition) is 4. The third-order valence-corrected chi connectivity index (χ3v) is 11.0. The molecule has 2 unspecified atom stereocenters. The molecule has 4 amide bonds. The van der Waals surface area contributed by atoms with Gasteiger partial charge in [-0.2, -0.15) is 46.8 Å². The van der Waals surface area contributed by atoms with Crippen LogP contribution in [0.1, 0.15) is 70.7 Å². The maximum absolute atomic E-state index is 13.7. The standard InChI is InChI=1S/C46H36Cl4F6N8O6/c1-5-23-15-38(60-44(70)40(22(4)66)64-62-28-10-12-34(50)30(20-28)42(68)58-36-14-8-26(48)18-32(36)46(54,55)56)24(6-2)16-37(23)59-43(69)39(21(3)65)63-61-27-9-11-33(49)29(19-27)41(67)57-35-13-7-25(47)17-31(35)45(51,52)53/h7-20,39-40H,5-6H2,1-4H3,(H,57,67)(H,58,68)(H,59,69)(H,60,70). The number of Topliss-reactive ketones (excluding diaryl/α,β-unsaturated/α-hetero) is 2. The number of nitrogens with zero attached hydrogens (tertiary/aromatic N) is 4. The fourth-order valence-electron chi connectivity index (χ4n) is 6.39. The van der Waals surface area contributed by atoms with Crippen molar-refractivity contribution in [1.29, 1.82) is 0 Å². The maximum atomic E-state index is 13.7. The first-order chi connectivity index (χ1) is 32.8. The summed E-state index contributed by atoms with van der Waals surface area (Å²) >= 11 is 23.9. The number of alkyl halides is 6. The van der Waals surface area contributed by atoms with Gasteiger partial charge in [-0.15, -0.1) is 0 Å². The molecular weight excluding hydrogens is 1020 g/mol. The van der Waals surface area contributed by atoms with Gasteiger partial charge < -0.3 is 21.3 Å². The fraction of sp³-hybridized carbons (Fsp3) is 0.217. The van der Waals surface area contributed by atoms with Crippen molar-refractivity contribution in [2.45, 2.75) is 65.0 Å². The van der Waals surface area contributed by atoms with E-state index in [9.17, 15) is 55.1 Å². The first-order valence-corrected chi connectivity index (χ1v) is 21.9. The number of benzene rings is 5. The zero-order chi connectivity index (χ0) is 51.8. The molecule has 5 rings (SSSR count). The van der Waals surface area contributed by atoms with E-state index in [2.05, 4.69) is 41.7 Å². The van der Waals surface area contributed by atoms with Gasteiger partial charge in [-0.3, -0.25) is 28.8 Å². The molecule has 0 spiro atoms. The smallest absolute Gasteiger partial charge is 0.323 e. The van der Waals surface area contributed by atoms with E-state index in [-0.39, 0.29) is 66.8 Å². The van der Waals surface area contributed by atoms with E-state index in [0.717, 1.165) is 50.2 Å². The summed E-state index contributed by atoms with van der Waals surface area (Å²) in [6.07, 6.45) is -9.19. The van der Waals surface area contributed by atoms with Crippen molar-refractivity contribution in [2.24, 2.45) is 20.5 Å². The van der Waals surface area contributed by atoms with Gasteiger partial charge in [-0.05, 0) is 123 Å². The van der Waals surface area contributed by atoms with Gasteiger partial charge in [0, 0.05) is 21.4 Å². The van der Waals surface area contributed by atoms with Gasteiger partial charge in [0.25, 0.3) is 23.6 Å². The lowest BCUT2D eigenvalue weighted by atomic mass is 10.0. The Kier molecular flexibility index (Phi) is 17.6. The van der Waals surface area contributed by atoms with E-state index < -0.39 is 82.1 Å². The Morgan fingerprint density at radius 2 is 0.857 bits per heavy atom. The van der Waals surface area contributed by atoms with Crippen LogP contribution in [0.15, 0.2) is 105 Å². The van der Waals surface area contributed by atoms with E-state index in [0.29, 0.717) is 23.3 Å². The molecule has 0 saturated carbocycles. The zero-order valence-corrected chi connectivity index (χ0v) is 39.7. The van der Waals surface area contributed by atoms with Gasteiger partial charge >= 0.3 is 12.4 Å². The number of nitrogens with one attached hydrogen (secondary N) is 4. The molecule has 24 heteroatoms. The van der Waals surface area contributed by atoms with Gasteiger partial charge in [0.1, 0.15) is 0 Å². The van der Waals surface area contributed by atoms with Gasteiger partial charge in [0.15, 0.2) is 11.6 Å². The van der Waals surface area contributed by atoms with Gasteiger partial charge in [-0.1, -0.05) is 60.3 Å². The number of aryl methyl sites for hydroxylation is 2. The average molecular weight is 1050 g/mol. The summed E-state index contributed by atoms with van der Waals surface area (Å²) in [4.78, 5) is 78.7. The largest absolute Gasteiger partial charge is 0.418 e. The second kappa shape index (κ2) is 22.8. The van der Waals surface area contributed by atoms with Crippen LogP contribution in [0.2, 0.25) is 20.1 Å². The molecule has 0 radical (unpaired) electrons. The molecular formula is C46H36Cl4F6N8O6. The SMILES string of the molecule is CCc1cc(NC(=O)C(N=Nc2ccc(Cl)c(C(=O)Nc3ccc(Cl)cc3C(F)(F)F)c2)C(C)=O)c(CC)cc1NC(=O)C(N=Nc1ccc(Cl)c(C(=O)Nc2ccc(Cl)cc2C(F)(F)F)c1)C(C)=O. The summed E-state index contributed by atoms with van der Waals surface area (Å²) in [6.45, 7) is 5.62. The minimum atomic E-state index is -4.86. The lowest BCUT2D eigenvalue weighted by molar-refractivity contribution is -0.137. The Morgan fingerprint density at radius 1 is 0.500 bits per heavy atom. The highest BCUT2D eigenvalue weighted by molar-refractivity contribution is 6.35. The van der Waals surface area contributed by atoms with Crippen LogP contribution in [0.5, 0.6) is 0 Å². The third kappa shape index (κ3) is 13.7. The van der Waals surface area contributed by atoms with Crippen LogP contribution >= 0.6 is 46.4 Å². The molecule has 0 aliphatic carbocycles. The van der Waals surface area contributed by atoms with Crippen molar-refractivity contribution in [2.75, 3.05) is 21.3 Å². The summed E-state index contributed by atoms with van der Waals surface area (Å²) < 4.78 is 81.9. The molecule has 5 aromatic carbocycles. The van der Waals surface area contributed by atoms with Gasteiger partial charge in [0.2, 0.25) is 12.1 Å². The van der Waals surface area contributed by atoms with Gasteiger partial charge in [0.05, 0.1) is 55.0 Å². The zero-order valence-electron chi connectivity index (χ0n) is 36.7. The summed E-state index contributed by atoms with van der Waals surface area (Å²) in [5, 5.41) is 24.5. The molecule has 2 atom stereocenters. The highest BCUT2D eigenvalue weighted by atomic mass is 35.5. The number of halogens is 10. The monoisotopic (exact) mass is 1050 g/mol. The van der Waals surface area contributed by atoms with E-state index >= 15 is 0 Å². The van der Waals surface area contributed by atoms with Crippen molar-refractivity contribution in [3.63, 3.8) is 0 Å². The van der Waals surface area contributed by atoms with E-state index in [1.165, 1.54) is 36.4 Å². The van der Waals surface area contributed by atoms with Crippen LogP contribution < -0.4 is 21.3 Å². The third-order valence-electron chi connectivity index (χ3n) is 9.91. The number of rotatable bonds is 16. The Balaban J connectivity index is 1.32. The lowest BCUT2D eigenvalue weighted by Gasteiger charge is -2.18. The minimum absolute atomic E-state index is 0.0896. The number of ketones is 2. The van der Waals surface area contributed by atoms with Crippen LogP contribution in [0.25, 0.3) is 0 Å². The summed E-state index contributed by atoms with van der Waals surface area (Å²) in [5.41, 5.74) is -3.04. The van der Waals surface area contributed by atoms with Crippen molar-refractivity contribution < 1.29 is 55.1 Å². The van der Waals surface area contributed by atoms with Crippen LogP contribution in [0.4, 0.5) is 60.5 Å².